The Balaban J connectivity index is 1.74. The highest BCUT2D eigenvalue weighted by molar-refractivity contribution is 7.89. The van der Waals surface area contributed by atoms with E-state index in [1.54, 1.807) is 24.3 Å². The normalized spacial score (nSPS) is 25.1. The number of fused-ring (bicyclic) bond motifs is 2. The summed E-state index contributed by atoms with van der Waals surface area (Å²) in [5.74, 6) is 0.228. The van der Waals surface area contributed by atoms with E-state index in [2.05, 4.69) is 4.72 Å². The fourth-order valence-corrected chi connectivity index (χ4v) is 5.09. The number of carbonyl (C=O) groups is 1. The molecule has 0 radical (unpaired) electrons. The number of nitrogens with one attached hydrogen (secondary N) is 1. The first kappa shape index (κ1) is 17.2. The molecule has 136 valence electrons. The van der Waals surface area contributed by atoms with Crippen LogP contribution in [0.1, 0.15) is 36.4 Å². The summed E-state index contributed by atoms with van der Waals surface area (Å²) >= 11 is 0. The highest BCUT2D eigenvalue weighted by Crippen LogP contribution is 2.43. The van der Waals surface area contributed by atoms with Crippen molar-refractivity contribution < 1.29 is 17.9 Å². The van der Waals surface area contributed by atoms with Gasteiger partial charge in [0.1, 0.15) is 17.6 Å². The van der Waals surface area contributed by atoms with Crippen molar-refractivity contribution in [2.75, 3.05) is 0 Å². The molecule has 4 rings (SSSR count). The van der Waals surface area contributed by atoms with Crippen LogP contribution in [0.15, 0.2) is 53.4 Å². The van der Waals surface area contributed by atoms with Crippen LogP contribution in [-0.2, 0) is 14.8 Å². The Morgan fingerprint density at radius 1 is 1.08 bits per heavy atom. The van der Waals surface area contributed by atoms with Gasteiger partial charge in [-0.05, 0) is 38.0 Å². The van der Waals surface area contributed by atoms with Crippen LogP contribution in [0.4, 0.5) is 0 Å². The van der Waals surface area contributed by atoms with E-state index in [0.29, 0.717) is 12.2 Å². The van der Waals surface area contributed by atoms with E-state index in [1.165, 1.54) is 0 Å². The summed E-state index contributed by atoms with van der Waals surface area (Å²) in [6.07, 6.45) is 1.72. The van der Waals surface area contributed by atoms with Gasteiger partial charge in [0.25, 0.3) is 0 Å². The number of carbonyl (C=O) groups excluding carboxylic acids is 1. The molecular weight excluding hydrogens is 350 g/mol. The summed E-state index contributed by atoms with van der Waals surface area (Å²) in [7, 11) is -3.75. The third kappa shape index (κ3) is 3.04. The molecule has 1 aliphatic carbocycles. The first-order valence-corrected chi connectivity index (χ1v) is 10.3. The third-order valence-corrected chi connectivity index (χ3v) is 6.65. The zero-order valence-corrected chi connectivity index (χ0v) is 15.3. The SMILES string of the molecule is Cc1ccc(S(=O)(=O)N[C@@H]2c3ccccc3O[C@H]3CCCC(=O)[C@H]32)cc1. The van der Waals surface area contributed by atoms with Gasteiger partial charge in [0.15, 0.2) is 0 Å². The molecule has 0 saturated heterocycles. The Morgan fingerprint density at radius 2 is 1.81 bits per heavy atom. The number of hydrogen-bond acceptors (Lipinski definition) is 4. The Hall–Kier alpha value is -2.18. The smallest absolute Gasteiger partial charge is 0.241 e. The molecule has 26 heavy (non-hydrogen) atoms. The summed E-state index contributed by atoms with van der Waals surface area (Å²) in [5.41, 5.74) is 1.71. The maximum Gasteiger partial charge on any atom is 0.241 e. The van der Waals surface area contributed by atoms with E-state index in [9.17, 15) is 13.2 Å². The van der Waals surface area contributed by atoms with Crippen LogP contribution >= 0.6 is 0 Å². The Kier molecular flexibility index (Phi) is 4.32. The van der Waals surface area contributed by atoms with Gasteiger partial charge in [0, 0.05) is 12.0 Å². The number of para-hydroxylation sites is 1. The fourth-order valence-electron chi connectivity index (χ4n) is 3.85. The van der Waals surface area contributed by atoms with Crippen LogP contribution in [0.2, 0.25) is 0 Å². The number of Topliss-reactive ketones (excluding diaryl/α,β-unsaturated/α-hetero) is 1. The number of hydrogen-bond donors (Lipinski definition) is 1. The molecule has 0 bridgehead atoms. The number of ether oxygens (including phenoxy) is 1. The summed E-state index contributed by atoms with van der Waals surface area (Å²) in [6, 6.07) is 13.4. The van der Waals surface area contributed by atoms with Gasteiger partial charge in [-0.25, -0.2) is 13.1 Å². The summed E-state index contributed by atoms with van der Waals surface area (Å²) in [6.45, 7) is 1.91. The number of benzene rings is 2. The Bertz CT molecular complexity index is 937. The maximum absolute atomic E-state index is 12.9. The van der Waals surface area contributed by atoms with E-state index in [4.69, 9.17) is 4.74 Å². The van der Waals surface area contributed by atoms with Gasteiger partial charge in [0.05, 0.1) is 16.9 Å². The van der Waals surface area contributed by atoms with E-state index in [0.717, 1.165) is 24.0 Å². The van der Waals surface area contributed by atoms with Crippen LogP contribution < -0.4 is 9.46 Å². The molecule has 2 aromatic rings. The molecule has 0 unspecified atom stereocenters. The van der Waals surface area contributed by atoms with Crippen LogP contribution in [0, 0.1) is 12.8 Å². The van der Waals surface area contributed by atoms with Crippen molar-refractivity contribution in [2.24, 2.45) is 5.92 Å². The average Bonchev–Trinajstić information content (AvgIpc) is 2.62. The zero-order valence-electron chi connectivity index (χ0n) is 14.5. The molecule has 5 nitrogen and oxygen atoms in total. The first-order valence-electron chi connectivity index (χ1n) is 8.83. The summed E-state index contributed by atoms with van der Waals surface area (Å²) in [5, 5.41) is 0. The Labute approximate surface area is 153 Å². The van der Waals surface area contributed by atoms with Gasteiger partial charge in [-0.15, -0.1) is 0 Å². The molecule has 0 spiro atoms. The Morgan fingerprint density at radius 3 is 2.58 bits per heavy atom. The van der Waals surface area contributed by atoms with Crippen molar-refractivity contribution in [3.63, 3.8) is 0 Å². The van der Waals surface area contributed by atoms with Crippen LogP contribution in [0.25, 0.3) is 0 Å². The number of rotatable bonds is 3. The van der Waals surface area contributed by atoms with E-state index in [1.807, 2.05) is 31.2 Å². The van der Waals surface area contributed by atoms with Crippen molar-refractivity contribution in [3.05, 3.63) is 59.7 Å². The molecule has 1 fully saturated rings. The standard InChI is InChI=1S/C20H21NO4S/c1-13-9-11-14(12-10-13)26(23,24)21-20-15-5-2-3-7-17(15)25-18-8-4-6-16(22)19(18)20/h2-3,5,7,9-12,18-21H,4,6,8H2,1H3/t18-,19+,20+/m0/s1. The average molecular weight is 371 g/mol. The van der Waals surface area contributed by atoms with Crippen LogP contribution in [-0.4, -0.2) is 20.3 Å². The van der Waals surface area contributed by atoms with Gasteiger partial charge in [0.2, 0.25) is 10.0 Å². The molecule has 2 aliphatic rings. The zero-order chi connectivity index (χ0) is 18.3. The number of aryl methyl sites for hydroxylation is 1. The molecule has 6 heteroatoms. The lowest BCUT2D eigenvalue weighted by Crippen LogP contribution is -2.49. The maximum atomic E-state index is 12.9. The van der Waals surface area contributed by atoms with E-state index >= 15 is 0 Å². The van der Waals surface area contributed by atoms with E-state index in [-0.39, 0.29) is 16.8 Å². The fraction of sp³-hybridized carbons (Fsp3) is 0.350. The lowest BCUT2D eigenvalue weighted by molar-refractivity contribution is -0.130. The monoisotopic (exact) mass is 371 g/mol. The minimum Gasteiger partial charge on any atom is -0.489 e. The predicted octanol–water partition coefficient (Wildman–Crippen LogP) is 3.14. The summed E-state index contributed by atoms with van der Waals surface area (Å²) in [4.78, 5) is 12.8. The molecule has 1 N–H and O–H groups in total. The van der Waals surface area contributed by atoms with Crippen LogP contribution in [0.5, 0.6) is 5.75 Å². The number of ketones is 1. The topological polar surface area (TPSA) is 72.5 Å². The van der Waals surface area contributed by atoms with Crippen molar-refractivity contribution in [1.82, 2.24) is 4.72 Å². The van der Waals surface area contributed by atoms with E-state index < -0.39 is 22.0 Å². The largest absolute Gasteiger partial charge is 0.489 e. The van der Waals surface area contributed by atoms with Crippen molar-refractivity contribution in [2.45, 2.75) is 43.2 Å². The van der Waals surface area contributed by atoms with Crippen molar-refractivity contribution in [3.8, 4) is 5.75 Å². The predicted molar refractivity (Wildman–Crippen MR) is 97.4 cm³/mol. The molecule has 3 atom stereocenters. The van der Waals surface area contributed by atoms with Crippen molar-refractivity contribution in [1.29, 1.82) is 0 Å². The van der Waals surface area contributed by atoms with Crippen molar-refractivity contribution >= 4 is 15.8 Å². The molecule has 2 aromatic carbocycles. The minimum atomic E-state index is -3.75. The lowest BCUT2D eigenvalue weighted by atomic mass is 9.76. The highest BCUT2D eigenvalue weighted by atomic mass is 32.2. The molecule has 1 aliphatic heterocycles. The second-order valence-corrected chi connectivity index (χ2v) is 8.70. The lowest BCUT2D eigenvalue weighted by Gasteiger charge is -2.41. The molecule has 1 heterocycles. The highest BCUT2D eigenvalue weighted by Gasteiger charge is 2.45. The van der Waals surface area contributed by atoms with Gasteiger partial charge in [-0.3, -0.25) is 4.79 Å². The molecule has 0 aromatic heterocycles. The van der Waals surface area contributed by atoms with Gasteiger partial charge >= 0.3 is 0 Å². The number of sulfonamides is 1. The quantitative estimate of drug-likeness (QED) is 0.900. The first-order chi connectivity index (χ1) is 12.5. The molecular formula is C20H21NO4S. The second kappa shape index (κ2) is 6.52. The second-order valence-electron chi connectivity index (χ2n) is 6.99. The third-order valence-electron chi connectivity index (χ3n) is 5.19. The van der Waals surface area contributed by atoms with Gasteiger partial charge < -0.3 is 4.74 Å². The summed E-state index contributed by atoms with van der Waals surface area (Å²) < 4.78 is 34.7. The molecule has 1 saturated carbocycles. The molecule has 0 amide bonds. The van der Waals surface area contributed by atoms with Gasteiger partial charge in [-0.1, -0.05) is 35.9 Å². The van der Waals surface area contributed by atoms with Crippen LogP contribution in [0.3, 0.4) is 0 Å². The minimum absolute atomic E-state index is 0.0624. The van der Waals surface area contributed by atoms with Gasteiger partial charge in [-0.2, -0.15) is 0 Å².